The number of carbonyl (C=O) groups excluding carboxylic acids is 1. The zero-order valence-corrected chi connectivity index (χ0v) is 17.9. The second kappa shape index (κ2) is 9.52. The fourth-order valence-corrected chi connectivity index (χ4v) is 4.74. The maximum Gasteiger partial charge on any atom is 0.260 e. The molecule has 5 heteroatoms. The molecule has 0 bridgehead atoms. The average molecular weight is 409 g/mol. The number of nitrogens with zero attached hydrogens (tertiary/aromatic N) is 1. The van der Waals surface area contributed by atoms with Crippen molar-refractivity contribution in [2.24, 2.45) is 0 Å². The monoisotopic (exact) mass is 408 g/mol. The Balaban J connectivity index is 1.36. The minimum absolute atomic E-state index is 0.0378. The minimum atomic E-state index is -0.0378. The molecular formula is C25H32N2O3. The first-order chi connectivity index (χ1) is 14.7. The van der Waals surface area contributed by atoms with E-state index < -0.39 is 0 Å². The van der Waals surface area contributed by atoms with Gasteiger partial charge in [-0.1, -0.05) is 43.2 Å². The number of ether oxygens (including phenoxy) is 2. The van der Waals surface area contributed by atoms with Crippen molar-refractivity contribution in [3.8, 4) is 11.5 Å². The quantitative estimate of drug-likeness (QED) is 0.709. The Kier molecular flexibility index (Phi) is 6.58. The zero-order chi connectivity index (χ0) is 20.8. The fourth-order valence-electron chi connectivity index (χ4n) is 4.74. The highest BCUT2D eigenvalue weighted by molar-refractivity contribution is 5.78. The molecule has 1 aliphatic heterocycles. The second-order valence-electron chi connectivity index (χ2n) is 8.36. The van der Waals surface area contributed by atoms with E-state index in [1.54, 1.807) is 7.11 Å². The maximum absolute atomic E-state index is 12.1. The molecule has 2 aliphatic rings. The highest BCUT2D eigenvalue weighted by Crippen LogP contribution is 2.42. The average Bonchev–Trinajstić information content (AvgIpc) is 3.50. The Morgan fingerprint density at radius 1 is 1.00 bits per heavy atom. The van der Waals surface area contributed by atoms with Gasteiger partial charge in [-0.3, -0.25) is 4.79 Å². The van der Waals surface area contributed by atoms with Crippen LogP contribution in [0.25, 0.3) is 0 Å². The van der Waals surface area contributed by atoms with Crippen LogP contribution >= 0.6 is 0 Å². The number of hydrogen-bond donors (Lipinski definition) is 1. The van der Waals surface area contributed by atoms with Crippen molar-refractivity contribution in [2.45, 2.75) is 50.6 Å². The summed E-state index contributed by atoms with van der Waals surface area (Å²) in [6, 6.07) is 16.4. The Labute approximate surface area is 179 Å². The summed E-state index contributed by atoms with van der Waals surface area (Å²) >= 11 is 0. The highest BCUT2D eigenvalue weighted by Gasteiger charge is 2.37. The van der Waals surface area contributed by atoms with Gasteiger partial charge in [-0.25, -0.2) is 0 Å². The van der Waals surface area contributed by atoms with E-state index in [1.165, 1.54) is 24.0 Å². The van der Waals surface area contributed by atoms with Gasteiger partial charge in [0.2, 0.25) is 0 Å². The fraction of sp³-hybridized carbons (Fsp3) is 0.480. The molecule has 1 saturated carbocycles. The summed E-state index contributed by atoms with van der Waals surface area (Å²) in [4.78, 5) is 14.0. The van der Waals surface area contributed by atoms with Crippen molar-refractivity contribution in [1.82, 2.24) is 10.2 Å². The Morgan fingerprint density at radius 3 is 2.40 bits per heavy atom. The smallest absolute Gasteiger partial charge is 0.260 e. The first-order valence-corrected chi connectivity index (χ1v) is 11.1. The van der Waals surface area contributed by atoms with Crippen LogP contribution in [0.15, 0.2) is 48.5 Å². The molecular weight excluding hydrogens is 376 g/mol. The number of likely N-dealkylation sites (tertiary alicyclic amines) is 1. The number of carbonyl (C=O) groups is 1. The number of amides is 1. The van der Waals surface area contributed by atoms with Crippen molar-refractivity contribution in [2.75, 3.05) is 26.8 Å². The van der Waals surface area contributed by atoms with E-state index >= 15 is 0 Å². The van der Waals surface area contributed by atoms with Gasteiger partial charge in [0, 0.05) is 30.7 Å². The molecule has 4 rings (SSSR count). The van der Waals surface area contributed by atoms with Crippen LogP contribution < -0.4 is 14.8 Å². The summed E-state index contributed by atoms with van der Waals surface area (Å²) in [5, 5.41) is 3.83. The van der Waals surface area contributed by atoms with Gasteiger partial charge in [-0.2, -0.15) is 0 Å². The summed E-state index contributed by atoms with van der Waals surface area (Å²) in [5.74, 6) is 1.78. The molecule has 5 nitrogen and oxygen atoms in total. The van der Waals surface area contributed by atoms with E-state index in [9.17, 15) is 4.79 Å². The van der Waals surface area contributed by atoms with Gasteiger partial charge in [-0.05, 0) is 49.4 Å². The Morgan fingerprint density at radius 2 is 1.70 bits per heavy atom. The third-order valence-corrected chi connectivity index (χ3v) is 6.45. The molecule has 30 heavy (non-hydrogen) atoms. The van der Waals surface area contributed by atoms with Gasteiger partial charge in [0.25, 0.3) is 5.91 Å². The van der Waals surface area contributed by atoms with E-state index in [4.69, 9.17) is 9.47 Å². The normalized spacial score (nSPS) is 17.8. The van der Waals surface area contributed by atoms with E-state index in [2.05, 4.69) is 29.6 Å². The van der Waals surface area contributed by atoms with Crippen LogP contribution in [0.4, 0.5) is 0 Å². The van der Waals surface area contributed by atoms with E-state index in [0.29, 0.717) is 0 Å². The molecule has 2 aromatic carbocycles. The lowest BCUT2D eigenvalue weighted by Crippen LogP contribution is -2.39. The molecule has 1 N–H and O–H groups in total. The molecule has 0 atom stereocenters. The molecule has 1 amide bonds. The van der Waals surface area contributed by atoms with Crippen LogP contribution in [0.2, 0.25) is 0 Å². The number of para-hydroxylation sites is 1. The van der Waals surface area contributed by atoms with Gasteiger partial charge >= 0.3 is 0 Å². The summed E-state index contributed by atoms with van der Waals surface area (Å²) in [6.45, 7) is 2.63. The van der Waals surface area contributed by atoms with Crippen LogP contribution in [0.3, 0.4) is 0 Å². The van der Waals surface area contributed by atoms with Crippen molar-refractivity contribution in [3.63, 3.8) is 0 Å². The van der Waals surface area contributed by atoms with Gasteiger partial charge in [-0.15, -0.1) is 0 Å². The van der Waals surface area contributed by atoms with Crippen molar-refractivity contribution < 1.29 is 14.3 Å². The van der Waals surface area contributed by atoms with Crippen molar-refractivity contribution in [3.05, 3.63) is 59.7 Å². The van der Waals surface area contributed by atoms with Crippen molar-refractivity contribution in [1.29, 1.82) is 0 Å². The molecule has 1 heterocycles. The number of rotatable bonds is 8. The molecule has 2 fully saturated rings. The van der Waals surface area contributed by atoms with Crippen LogP contribution in [-0.4, -0.2) is 37.6 Å². The van der Waals surface area contributed by atoms with Gasteiger partial charge < -0.3 is 19.7 Å². The predicted octanol–water partition coefficient (Wildman–Crippen LogP) is 4.26. The molecule has 1 saturated heterocycles. The lowest BCUT2D eigenvalue weighted by molar-refractivity contribution is -0.132. The van der Waals surface area contributed by atoms with Gasteiger partial charge in [0.05, 0.1) is 7.11 Å². The van der Waals surface area contributed by atoms with Crippen LogP contribution in [-0.2, 0) is 16.9 Å². The Hall–Kier alpha value is -2.53. The topological polar surface area (TPSA) is 50.8 Å². The summed E-state index contributed by atoms with van der Waals surface area (Å²) in [5.41, 5.74) is 2.42. The number of methoxy groups -OCH3 is 1. The SMILES string of the molecule is COc1ccccc1C1(NCc2ccc(OCC(=O)N3CCCC3)cc2)CCCC1. The van der Waals surface area contributed by atoms with Crippen LogP contribution in [0, 0.1) is 0 Å². The molecule has 0 radical (unpaired) electrons. The third kappa shape index (κ3) is 4.62. The number of hydrogen-bond acceptors (Lipinski definition) is 4. The summed E-state index contributed by atoms with van der Waals surface area (Å²) in [6.07, 6.45) is 6.89. The van der Waals surface area contributed by atoms with Crippen LogP contribution in [0.1, 0.15) is 49.7 Å². The minimum Gasteiger partial charge on any atom is -0.496 e. The lowest BCUT2D eigenvalue weighted by Gasteiger charge is -2.32. The van der Waals surface area contributed by atoms with Gasteiger partial charge in [0.15, 0.2) is 6.61 Å². The van der Waals surface area contributed by atoms with Gasteiger partial charge in [0.1, 0.15) is 11.5 Å². The van der Waals surface area contributed by atoms with E-state index in [1.807, 2.05) is 29.2 Å². The summed E-state index contributed by atoms with van der Waals surface area (Å²) < 4.78 is 11.4. The Bertz CT molecular complexity index is 838. The second-order valence-corrected chi connectivity index (χ2v) is 8.36. The predicted molar refractivity (Wildman–Crippen MR) is 118 cm³/mol. The standard InChI is InChI=1S/C25H32N2O3/c1-29-23-9-3-2-8-22(23)25(14-4-5-15-25)26-18-20-10-12-21(13-11-20)30-19-24(28)27-16-6-7-17-27/h2-3,8-13,26H,4-7,14-19H2,1H3. The largest absolute Gasteiger partial charge is 0.496 e. The maximum atomic E-state index is 12.1. The van der Waals surface area contributed by atoms with Crippen molar-refractivity contribution >= 4 is 5.91 Å². The van der Waals surface area contributed by atoms with Crippen LogP contribution in [0.5, 0.6) is 11.5 Å². The first-order valence-electron chi connectivity index (χ1n) is 11.1. The molecule has 160 valence electrons. The third-order valence-electron chi connectivity index (χ3n) is 6.45. The molecule has 2 aromatic rings. The summed E-state index contributed by atoms with van der Waals surface area (Å²) in [7, 11) is 1.74. The molecule has 1 aliphatic carbocycles. The van der Waals surface area contributed by atoms with E-state index in [-0.39, 0.29) is 18.1 Å². The lowest BCUT2D eigenvalue weighted by atomic mass is 9.87. The van der Waals surface area contributed by atoms with E-state index in [0.717, 1.165) is 56.8 Å². The molecule has 0 spiro atoms. The first kappa shape index (κ1) is 20.7. The number of nitrogens with one attached hydrogen (secondary N) is 1. The zero-order valence-electron chi connectivity index (χ0n) is 17.9. The highest BCUT2D eigenvalue weighted by atomic mass is 16.5. The number of benzene rings is 2. The molecule has 0 unspecified atom stereocenters. The molecule has 0 aromatic heterocycles.